The number of nitrogens with zero attached hydrogens (tertiary/aromatic N) is 2. The standard InChI is InChI=1S/C15H13ClF2N2O/c1-9(10-4-3-5-11(16)8-10)20(2)15(21)12-6-7-19-14(18)13(12)17/h3-9H,1-2H3. The Hall–Kier alpha value is -2.01. The van der Waals surface area contributed by atoms with E-state index in [4.69, 9.17) is 11.6 Å². The highest BCUT2D eigenvalue weighted by molar-refractivity contribution is 6.30. The van der Waals surface area contributed by atoms with E-state index in [1.807, 2.05) is 6.07 Å². The predicted octanol–water partition coefficient (Wildman–Crippen LogP) is 3.85. The highest BCUT2D eigenvalue weighted by atomic mass is 35.5. The molecule has 0 aliphatic rings. The van der Waals surface area contributed by atoms with Crippen molar-refractivity contribution in [3.8, 4) is 0 Å². The summed E-state index contributed by atoms with van der Waals surface area (Å²) in [5, 5.41) is 0.543. The van der Waals surface area contributed by atoms with Crippen molar-refractivity contribution >= 4 is 17.5 Å². The molecule has 1 heterocycles. The Morgan fingerprint density at radius 2 is 2.05 bits per heavy atom. The van der Waals surface area contributed by atoms with Gasteiger partial charge in [-0.15, -0.1) is 0 Å². The van der Waals surface area contributed by atoms with Crippen molar-refractivity contribution < 1.29 is 13.6 Å². The summed E-state index contributed by atoms with van der Waals surface area (Å²) >= 11 is 5.91. The second-order valence-corrected chi connectivity index (χ2v) is 5.05. The van der Waals surface area contributed by atoms with Gasteiger partial charge in [0.05, 0.1) is 11.6 Å². The average Bonchev–Trinajstić information content (AvgIpc) is 2.48. The van der Waals surface area contributed by atoms with Crippen LogP contribution in [0, 0.1) is 11.8 Å². The second kappa shape index (κ2) is 6.18. The normalized spacial score (nSPS) is 12.0. The first-order chi connectivity index (χ1) is 9.91. The first-order valence-corrected chi connectivity index (χ1v) is 6.62. The number of pyridine rings is 1. The Bertz CT molecular complexity index is 678. The van der Waals surface area contributed by atoms with Gasteiger partial charge in [0, 0.05) is 18.3 Å². The van der Waals surface area contributed by atoms with E-state index < -0.39 is 17.7 Å². The molecule has 0 aliphatic heterocycles. The van der Waals surface area contributed by atoms with Crippen molar-refractivity contribution in [3.63, 3.8) is 0 Å². The van der Waals surface area contributed by atoms with E-state index in [-0.39, 0.29) is 11.6 Å². The SMILES string of the molecule is CC(c1cccc(Cl)c1)N(C)C(=O)c1ccnc(F)c1F. The highest BCUT2D eigenvalue weighted by Crippen LogP contribution is 2.24. The minimum Gasteiger partial charge on any atom is -0.335 e. The molecule has 0 bridgehead atoms. The van der Waals surface area contributed by atoms with Gasteiger partial charge in [-0.25, -0.2) is 9.37 Å². The van der Waals surface area contributed by atoms with Crippen molar-refractivity contribution in [1.29, 1.82) is 0 Å². The molecule has 6 heteroatoms. The molecule has 0 fully saturated rings. The zero-order chi connectivity index (χ0) is 15.6. The van der Waals surface area contributed by atoms with Crippen LogP contribution in [0.5, 0.6) is 0 Å². The van der Waals surface area contributed by atoms with Crippen LogP contribution in [0.2, 0.25) is 5.02 Å². The van der Waals surface area contributed by atoms with E-state index in [2.05, 4.69) is 4.98 Å². The molecule has 0 aliphatic carbocycles. The predicted molar refractivity (Wildman–Crippen MR) is 76.1 cm³/mol. The Labute approximate surface area is 126 Å². The van der Waals surface area contributed by atoms with Gasteiger partial charge in [-0.1, -0.05) is 23.7 Å². The topological polar surface area (TPSA) is 33.2 Å². The van der Waals surface area contributed by atoms with E-state index in [1.165, 1.54) is 11.9 Å². The molecule has 21 heavy (non-hydrogen) atoms. The lowest BCUT2D eigenvalue weighted by Gasteiger charge is -2.25. The maximum atomic E-state index is 13.6. The Kier molecular flexibility index (Phi) is 4.53. The van der Waals surface area contributed by atoms with Gasteiger partial charge < -0.3 is 4.90 Å². The fraction of sp³-hybridized carbons (Fsp3) is 0.200. The number of benzene rings is 1. The maximum absolute atomic E-state index is 13.6. The summed E-state index contributed by atoms with van der Waals surface area (Å²) in [6.45, 7) is 1.78. The summed E-state index contributed by atoms with van der Waals surface area (Å²) in [5.74, 6) is -3.15. The van der Waals surface area contributed by atoms with Crippen molar-refractivity contribution in [1.82, 2.24) is 9.88 Å². The van der Waals surface area contributed by atoms with Crippen molar-refractivity contribution in [2.45, 2.75) is 13.0 Å². The molecule has 0 saturated heterocycles. The molecule has 0 saturated carbocycles. The van der Waals surface area contributed by atoms with Crippen LogP contribution in [0.1, 0.15) is 28.9 Å². The minimum atomic E-state index is -1.29. The van der Waals surface area contributed by atoms with Crippen molar-refractivity contribution in [3.05, 3.63) is 64.4 Å². The monoisotopic (exact) mass is 310 g/mol. The number of aromatic nitrogens is 1. The molecule has 0 spiro atoms. The Morgan fingerprint density at radius 1 is 1.33 bits per heavy atom. The van der Waals surface area contributed by atoms with E-state index in [9.17, 15) is 13.6 Å². The smallest absolute Gasteiger partial charge is 0.257 e. The third-order valence-corrected chi connectivity index (χ3v) is 3.54. The van der Waals surface area contributed by atoms with Gasteiger partial charge in [0.25, 0.3) is 5.91 Å². The number of carbonyl (C=O) groups excluding carboxylic acids is 1. The molecule has 0 N–H and O–H groups in total. The molecule has 2 rings (SSSR count). The van der Waals surface area contributed by atoms with Crippen LogP contribution in [0.15, 0.2) is 36.5 Å². The van der Waals surface area contributed by atoms with Gasteiger partial charge in [0.15, 0.2) is 5.82 Å². The van der Waals surface area contributed by atoms with Gasteiger partial charge in [0.2, 0.25) is 5.95 Å². The van der Waals surface area contributed by atoms with Crippen molar-refractivity contribution in [2.75, 3.05) is 7.05 Å². The molecule has 1 atom stereocenters. The number of rotatable bonds is 3. The zero-order valence-electron chi connectivity index (χ0n) is 11.5. The van der Waals surface area contributed by atoms with Crippen LogP contribution < -0.4 is 0 Å². The largest absolute Gasteiger partial charge is 0.335 e. The fourth-order valence-electron chi connectivity index (χ4n) is 1.94. The van der Waals surface area contributed by atoms with E-state index in [0.29, 0.717) is 5.02 Å². The van der Waals surface area contributed by atoms with Gasteiger partial charge in [-0.2, -0.15) is 4.39 Å². The third-order valence-electron chi connectivity index (χ3n) is 3.31. The molecule has 1 amide bonds. The highest BCUT2D eigenvalue weighted by Gasteiger charge is 2.23. The van der Waals surface area contributed by atoms with E-state index in [1.54, 1.807) is 25.1 Å². The lowest BCUT2D eigenvalue weighted by atomic mass is 10.1. The molecule has 3 nitrogen and oxygen atoms in total. The quantitative estimate of drug-likeness (QED) is 0.807. The van der Waals surface area contributed by atoms with Crippen LogP contribution in [-0.4, -0.2) is 22.8 Å². The Morgan fingerprint density at radius 3 is 2.71 bits per heavy atom. The van der Waals surface area contributed by atoms with E-state index >= 15 is 0 Å². The molecule has 110 valence electrons. The molecule has 1 aromatic heterocycles. The second-order valence-electron chi connectivity index (χ2n) is 4.61. The molecular formula is C15H13ClF2N2O. The Balaban J connectivity index is 2.29. The van der Waals surface area contributed by atoms with E-state index in [0.717, 1.165) is 17.8 Å². The molecule has 1 aromatic carbocycles. The molecule has 2 aromatic rings. The summed E-state index contributed by atoms with van der Waals surface area (Å²) in [4.78, 5) is 16.8. The maximum Gasteiger partial charge on any atom is 0.257 e. The number of carbonyl (C=O) groups is 1. The zero-order valence-corrected chi connectivity index (χ0v) is 12.2. The van der Waals surface area contributed by atoms with Gasteiger partial charge >= 0.3 is 0 Å². The summed E-state index contributed by atoms with van der Waals surface area (Å²) < 4.78 is 26.7. The molecule has 1 unspecified atom stereocenters. The summed E-state index contributed by atoms with van der Waals surface area (Å²) in [6.07, 6.45) is 1.06. The van der Waals surface area contributed by atoms with Crippen LogP contribution in [0.25, 0.3) is 0 Å². The van der Waals surface area contributed by atoms with Gasteiger partial charge in [-0.05, 0) is 30.7 Å². The van der Waals surface area contributed by atoms with Gasteiger partial charge in [0.1, 0.15) is 0 Å². The fourth-order valence-corrected chi connectivity index (χ4v) is 2.14. The molecule has 0 radical (unpaired) electrons. The van der Waals surface area contributed by atoms with Crippen molar-refractivity contribution in [2.24, 2.45) is 0 Å². The molecular weight excluding hydrogens is 298 g/mol. The average molecular weight is 311 g/mol. The number of amides is 1. The summed E-state index contributed by atoms with van der Waals surface area (Å²) in [6, 6.07) is 7.83. The van der Waals surface area contributed by atoms with Crippen LogP contribution in [0.4, 0.5) is 8.78 Å². The van der Waals surface area contributed by atoms with Gasteiger partial charge in [-0.3, -0.25) is 4.79 Å². The lowest BCUT2D eigenvalue weighted by Crippen LogP contribution is -2.30. The number of hydrogen-bond acceptors (Lipinski definition) is 2. The minimum absolute atomic E-state index is 0.341. The first-order valence-electron chi connectivity index (χ1n) is 6.24. The number of hydrogen-bond donors (Lipinski definition) is 0. The number of halogens is 3. The van der Waals surface area contributed by atoms with Crippen LogP contribution in [0.3, 0.4) is 0 Å². The summed E-state index contributed by atoms with van der Waals surface area (Å²) in [7, 11) is 1.52. The first kappa shape index (κ1) is 15.4. The van der Waals surface area contributed by atoms with Crippen LogP contribution >= 0.6 is 11.6 Å². The van der Waals surface area contributed by atoms with Crippen LogP contribution in [-0.2, 0) is 0 Å². The third kappa shape index (κ3) is 3.19. The lowest BCUT2D eigenvalue weighted by molar-refractivity contribution is 0.0736. The summed E-state index contributed by atoms with van der Waals surface area (Å²) in [5.41, 5.74) is 0.451.